The predicted molar refractivity (Wildman–Crippen MR) is 148 cm³/mol. The Balaban J connectivity index is 1.36. The van der Waals surface area contributed by atoms with Crippen molar-refractivity contribution < 1.29 is 24.6 Å². The first kappa shape index (κ1) is 27.5. The third-order valence-corrected chi connectivity index (χ3v) is 10.6. The van der Waals surface area contributed by atoms with Crippen LogP contribution in [-0.2, 0) is 22.5 Å². The molecule has 5 rings (SSSR count). The van der Waals surface area contributed by atoms with Gasteiger partial charge in [0.05, 0.1) is 44.7 Å². The second-order valence-corrected chi connectivity index (χ2v) is 13.0. The number of nitrogens with one attached hydrogen (secondary N) is 3. The summed E-state index contributed by atoms with van der Waals surface area (Å²) in [5, 5.41) is 29.0. The first-order valence-corrected chi connectivity index (χ1v) is 14.9. The molecule has 3 aliphatic rings. The first-order valence-electron chi connectivity index (χ1n) is 14.1. The molecule has 0 unspecified atom stereocenters. The van der Waals surface area contributed by atoms with Crippen LogP contribution in [-0.4, -0.2) is 73.2 Å². The summed E-state index contributed by atoms with van der Waals surface area (Å²) in [5.74, 6) is 0.0576. The van der Waals surface area contributed by atoms with E-state index in [1.165, 1.54) is 15.3 Å². The number of hydrogen-bond acceptors (Lipinski definition) is 7. The molecule has 1 aliphatic heterocycles. The van der Waals surface area contributed by atoms with E-state index >= 15 is 0 Å². The molecule has 1 saturated carbocycles. The third-order valence-electron chi connectivity index (χ3n) is 9.57. The predicted octanol–water partition coefficient (Wildman–Crippen LogP) is 1.59. The van der Waals surface area contributed by atoms with Crippen LogP contribution in [0.4, 0.5) is 5.13 Å². The summed E-state index contributed by atoms with van der Waals surface area (Å²) in [6.07, 6.45) is 2.03. The molecule has 0 spiro atoms. The number of nitrogens with zero attached hydrogens (tertiary/aromatic N) is 1. The van der Waals surface area contributed by atoms with Crippen LogP contribution in [0.5, 0.6) is 0 Å². The minimum absolute atomic E-state index is 0.0547. The normalized spacial score (nSPS) is 31.3. The van der Waals surface area contributed by atoms with Crippen LogP contribution < -0.4 is 15.5 Å². The molecule has 9 heteroatoms. The number of rotatable bonds is 9. The maximum atomic E-state index is 13.3. The van der Waals surface area contributed by atoms with Crippen molar-refractivity contribution in [2.45, 2.75) is 58.1 Å². The summed E-state index contributed by atoms with van der Waals surface area (Å²) in [6, 6.07) is 10.3. The number of carbonyl (C=O) groups is 1. The van der Waals surface area contributed by atoms with E-state index < -0.39 is 11.5 Å². The van der Waals surface area contributed by atoms with Crippen LogP contribution in [0.1, 0.15) is 55.2 Å². The monoisotopic (exact) mass is 543 g/mol. The Morgan fingerprint density at radius 1 is 1.24 bits per heavy atom. The van der Waals surface area contributed by atoms with Crippen LogP contribution in [0.3, 0.4) is 0 Å². The highest BCUT2D eigenvalue weighted by molar-refractivity contribution is 7.15. The number of carbonyl (C=O) groups excluding carboxylic acids is 1. The molecule has 38 heavy (non-hydrogen) atoms. The van der Waals surface area contributed by atoms with Gasteiger partial charge in [0.1, 0.15) is 13.1 Å². The average Bonchev–Trinajstić information content (AvgIpc) is 3.35. The number of aliphatic hydroxyl groups is 2. The molecule has 1 saturated heterocycles. The number of hydrogen-bond donors (Lipinski definition) is 5. The molecule has 2 fully saturated rings. The van der Waals surface area contributed by atoms with E-state index in [0.29, 0.717) is 25.9 Å². The molecule has 8 nitrogen and oxygen atoms in total. The number of ether oxygens (including phenoxy) is 1. The molecule has 2 aromatic rings. The van der Waals surface area contributed by atoms with Crippen LogP contribution in [0.15, 0.2) is 30.3 Å². The Kier molecular flexibility index (Phi) is 8.40. The molecule has 208 valence electrons. The van der Waals surface area contributed by atoms with Crippen molar-refractivity contribution in [2.24, 2.45) is 16.7 Å². The van der Waals surface area contributed by atoms with Crippen molar-refractivity contribution >= 4 is 22.4 Å². The Labute approximate surface area is 229 Å². The Morgan fingerprint density at radius 3 is 2.74 bits per heavy atom. The minimum Gasteiger partial charge on any atom is -0.396 e. The van der Waals surface area contributed by atoms with Crippen molar-refractivity contribution in [3.05, 3.63) is 46.5 Å². The van der Waals surface area contributed by atoms with E-state index in [-0.39, 0.29) is 29.8 Å². The summed E-state index contributed by atoms with van der Waals surface area (Å²) in [5.41, 5.74) is 1.37. The van der Waals surface area contributed by atoms with Gasteiger partial charge in [0, 0.05) is 29.2 Å². The van der Waals surface area contributed by atoms with E-state index in [2.05, 4.69) is 29.7 Å². The van der Waals surface area contributed by atoms with Crippen LogP contribution in [0, 0.1) is 16.7 Å². The zero-order chi connectivity index (χ0) is 26.8. The third kappa shape index (κ3) is 5.49. The summed E-state index contributed by atoms with van der Waals surface area (Å²) < 4.78 is 5.45. The number of morpholine rings is 1. The van der Waals surface area contributed by atoms with Gasteiger partial charge >= 0.3 is 0 Å². The Morgan fingerprint density at radius 2 is 2.00 bits per heavy atom. The Hall–Kier alpha value is -2.04. The fourth-order valence-corrected chi connectivity index (χ4v) is 8.11. The molecule has 5 N–H and O–H groups in total. The van der Waals surface area contributed by atoms with Crippen LogP contribution in [0.2, 0.25) is 0 Å². The van der Waals surface area contributed by atoms with Gasteiger partial charge < -0.3 is 30.5 Å². The summed E-state index contributed by atoms with van der Waals surface area (Å²) in [4.78, 5) is 21.0. The zero-order valence-electron chi connectivity index (χ0n) is 22.7. The van der Waals surface area contributed by atoms with Crippen molar-refractivity contribution in [1.29, 1.82) is 0 Å². The molecule has 1 aromatic heterocycles. The molecule has 0 bridgehead atoms. The van der Waals surface area contributed by atoms with E-state index in [1.807, 2.05) is 25.1 Å². The molecular formula is C29H43N4O4S+. The number of aliphatic hydroxyl groups excluding tert-OH is 2. The number of benzene rings is 1. The molecule has 1 aromatic carbocycles. The lowest BCUT2D eigenvalue weighted by Gasteiger charge is -2.58. The number of amides is 1. The second kappa shape index (κ2) is 11.6. The van der Waals surface area contributed by atoms with Crippen LogP contribution in [0.25, 0.3) is 0 Å². The van der Waals surface area contributed by atoms with Crippen LogP contribution >= 0.6 is 11.3 Å². The van der Waals surface area contributed by atoms with Gasteiger partial charge in [0.2, 0.25) is 5.91 Å². The van der Waals surface area contributed by atoms with Gasteiger partial charge in [-0.3, -0.25) is 4.79 Å². The zero-order valence-corrected chi connectivity index (χ0v) is 23.5. The summed E-state index contributed by atoms with van der Waals surface area (Å²) >= 11 is 1.66. The second-order valence-electron chi connectivity index (χ2n) is 11.9. The van der Waals surface area contributed by atoms with Gasteiger partial charge in [0.25, 0.3) is 0 Å². The lowest BCUT2D eigenvalue weighted by Crippen LogP contribution is -3.14. The SMILES string of the molecule is C[C@]1(CO)[C@H]2Cc3sc(NCc4ccccc4)nc3[C@@H](CC(=O)NCC[NH+]3CCOCC3)[C@]2(C)CC[C@H]1O. The smallest absolute Gasteiger partial charge is 0.220 e. The quantitative estimate of drug-likeness (QED) is 0.329. The van der Waals surface area contributed by atoms with E-state index in [4.69, 9.17) is 9.72 Å². The highest BCUT2D eigenvalue weighted by atomic mass is 32.1. The average molecular weight is 544 g/mol. The lowest BCUT2D eigenvalue weighted by atomic mass is 9.47. The van der Waals surface area contributed by atoms with E-state index in [9.17, 15) is 15.0 Å². The molecule has 0 radical (unpaired) electrons. The number of anilines is 1. The fraction of sp³-hybridized carbons (Fsp3) is 0.655. The highest BCUT2D eigenvalue weighted by Crippen LogP contribution is 2.62. The maximum Gasteiger partial charge on any atom is 0.220 e. The van der Waals surface area contributed by atoms with Gasteiger partial charge in [-0.25, -0.2) is 4.98 Å². The van der Waals surface area contributed by atoms with Crippen molar-refractivity contribution in [1.82, 2.24) is 10.3 Å². The highest BCUT2D eigenvalue weighted by Gasteiger charge is 2.59. The van der Waals surface area contributed by atoms with Crippen molar-refractivity contribution in [3.8, 4) is 0 Å². The molecule has 2 heterocycles. The summed E-state index contributed by atoms with van der Waals surface area (Å²) in [7, 11) is 0. The number of thiazole rings is 1. The standard InChI is InChI=1S/C29H42N4O4S/c1-28-9-8-24(35)29(2,19-34)23(28)17-22-26(32-27(38-22)31-18-20-6-4-3-5-7-20)21(28)16-25(36)30-10-11-33-12-14-37-15-13-33/h3-7,21,23-24,34-35H,8-19H2,1-2H3,(H,30,36)(H,31,32)/p+1/t21-,23+,24-,28+,29+/m1/s1. The topological polar surface area (TPSA) is 108 Å². The van der Waals surface area contributed by atoms with Gasteiger partial charge in [-0.1, -0.05) is 44.2 Å². The fourth-order valence-electron chi connectivity index (χ4n) is 7.04. The molecule has 1 amide bonds. The van der Waals surface area contributed by atoms with E-state index in [0.717, 1.165) is 56.5 Å². The van der Waals surface area contributed by atoms with Crippen molar-refractivity contribution in [3.63, 3.8) is 0 Å². The first-order chi connectivity index (χ1) is 18.3. The maximum absolute atomic E-state index is 13.3. The number of aromatic nitrogens is 1. The van der Waals surface area contributed by atoms with Gasteiger partial charge in [0.15, 0.2) is 5.13 Å². The molecule has 2 aliphatic carbocycles. The summed E-state index contributed by atoms with van der Waals surface area (Å²) in [6.45, 7) is 10.0. The minimum atomic E-state index is -0.610. The number of quaternary nitrogens is 1. The van der Waals surface area contributed by atoms with Gasteiger partial charge in [-0.15, -0.1) is 11.3 Å². The Bertz CT molecular complexity index is 1090. The number of fused-ring (bicyclic) bond motifs is 2. The van der Waals surface area contributed by atoms with E-state index in [1.54, 1.807) is 11.3 Å². The van der Waals surface area contributed by atoms with Gasteiger partial charge in [-0.05, 0) is 36.2 Å². The van der Waals surface area contributed by atoms with Gasteiger partial charge in [-0.2, -0.15) is 0 Å². The lowest BCUT2D eigenvalue weighted by molar-refractivity contribution is -0.906. The molecule has 5 atom stereocenters. The van der Waals surface area contributed by atoms with Crippen molar-refractivity contribution in [2.75, 3.05) is 51.3 Å². The molecular weight excluding hydrogens is 500 g/mol. The largest absolute Gasteiger partial charge is 0.396 e.